The standard InChI is InChI=1S/C18H34O/c1-13(2)16-6-5-10-18(19,11-9-16)17-8-7-14(3)15(4)12-17/h13-17,19H,5-12H2,1-4H3. The zero-order chi connectivity index (χ0) is 14.0. The Balaban J connectivity index is 1.98. The zero-order valence-electron chi connectivity index (χ0n) is 13.5. The van der Waals surface area contributed by atoms with Gasteiger partial charge in [-0.15, -0.1) is 0 Å². The van der Waals surface area contributed by atoms with Crippen LogP contribution in [0.15, 0.2) is 0 Å². The molecule has 2 aliphatic rings. The quantitative estimate of drug-likeness (QED) is 0.695. The van der Waals surface area contributed by atoms with Crippen LogP contribution in [0.25, 0.3) is 0 Å². The highest BCUT2D eigenvalue weighted by Crippen LogP contribution is 2.45. The molecule has 0 heterocycles. The normalized spacial score (nSPS) is 45.2. The van der Waals surface area contributed by atoms with Crippen LogP contribution in [-0.4, -0.2) is 10.7 Å². The fourth-order valence-electron chi connectivity index (χ4n) is 4.49. The van der Waals surface area contributed by atoms with E-state index in [2.05, 4.69) is 27.7 Å². The van der Waals surface area contributed by atoms with Gasteiger partial charge >= 0.3 is 0 Å². The minimum Gasteiger partial charge on any atom is -0.390 e. The monoisotopic (exact) mass is 266 g/mol. The average Bonchev–Trinajstić information content (AvgIpc) is 2.56. The van der Waals surface area contributed by atoms with E-state index in [-0.39, 0.29) is 5.60 Å². The molecule has 0 aromatic rings. The lowest BCUT2D eigenvalue weighted by Crippen LogP contribution is -2.41. The molecule has 0 bridgehead atoms. The summed E-state index contributed by atoms with van der Waals surface area (Å²) in [6.45, 7) is 9.46. The summed E-state index contributed by atoms with van der Waals surface area (Å²) in [4.78, 5) is 0. The molecule has 0 spiro atoms. The van der Waals surface area contributed by atoms with Crippen LogP contribution in [0.4, 0.5) is 0 Å². The van der Waals surface area contributed by atoms with Crippen LogP contribution in [0.3, 0.4) is 0 Å². The Labute approximate surface area is 120 Å². The Kier molecular flexibility index (Phi) is 4.98. The third kappa shape index (κ3) is 3.54. The van der Waals surface area contributed by atoms with Gasteiger partial charge in [0, 0.05) is 0 Å². The van der Waals surface area contributed by atoms with Crippen molar-refractivity contribution in [2.24, 2.45) is 29.6 Å². The Morgan fingerprint density at radius 1 is 0.947 bits per heavy atom. The van der Waals surface area contributed by atoms with Gasteiger partial charge in [-0.2, -0.15) is 0 Å². The molecule has 0 radical (unpaired) electrons. The summed E-state index contributed by atoms with van der Waals surface area (Å²) in [5, 5.41) is 11.2. The Hall–Kier alpha value is -0.0400. The van der Waals surface area contributed by atoms with Gasteiger partial charge in [0.2, 0.25) is 0 Å². The second kappa shape index (κ2) is 6.16. The summed E-state index contributed by atoms with van der Waals surface area (Å²) in [6, 6.07) is 0. The minimum absolute atomic E-state index is 0.335. The first-order chi connectivity index (χ1) is 8.92. The molecule has 2 aliphatic carbocycles. The Morgan fingerprint density at radius 2 is 1.68 bits per heavy atom. The number of hydrogen-bond acceptors (Lipinski definition) is 1. The maximum atomic E-state index is 11.2. The van der Waals surface area contributed by atoms with Crippen LogP contribution in [0.5, 0.6) is 0 Å². The van der Waals surface area contributed by atoms with E-state index in [0.717, 1.165) is 36.5 Å². The molecule has 0 aromatic carbocycles. The molecular weight excluding hydrogens is 232 g/mol. The minimum atomic E-state index is -0.335. The molecule has 1 N–H and O–H groups in total. The van der Waals surface area contributed by atoms with E-state index >= 15 is 0 Å². The van der Waals surface area contributed by atoms with Gasteiger partial charge in [-0.1, -0.05) is 47.0 Å². The smallest absolute Gasteiger partial charge is 0.0676 e. The van der Waals surface area contributed by atoms with E-state index in [9.17, 15) is 5.11 Å². The third-order valence-corrected chi connectivity index (χ3v) is 6.43. The lowest BCUT2D eigenvalue weighted by Gasteiger charge is -2.42. The summed E-state index contributed by atoms with van der Waals surface area (Å²) in [5.41, 5.74) is -0.335. The van der Waals surface area contributed by atoms with Crippen molar-refractivity contribution in [3.8, 4) is 0 Å². The molecule has 1 heteroatoms. The summed E-state index contributed by atoms with van der Waals surface area (Å²) in [6.07, 6.45) is 9.76. The number of aliphatic hydroxyl groups is 1. The van der Waals surface area contributed by atoms with Gasteiger partial charge in [0.1, 0.15) is 0 Å². The first kappa shape index (κ1) is 15.4. The third-order valence-electron chi connectivity index (χ3n) is 6.43. The molecule has 2 fully saturated rings. The SMILES string of the molecule is CC(C)C1CCCC(O)(C2CCC(C)C(C)C2)CC1. The highest BCUT2D eigenvalue weighted by molar-refractivity contribution is 4.93. The van der Waals surface area contributed by atoms with Gasteiger partial charge in [-0.05, 0) is 61.7 Å². The average molecular weight is 266 g/mol. The van der Waals surface area contributed by atoms with Crippen LogP contribution in [0.1, 0.15) is 79.1 Å². The first-order valence-electron chi connectivity index (χ1n) is 8.64. The lowest BCUT2D eigenvalue weighted by atomic mass is 9.67. The van der Waals surface area contributed by atoms with E-state index in [0.29, 0.717) is 5.92 Å². The molecule has 19 heavy (non-hydrogen) atoms. The molecule has 112 valence electrons. The molecule has 0 aliphatic heterocycles. The predicted molar refractivity (Wildman–Crippen MR) is 82.0 cm³/mol. The van der Waals surface area contributed by atoms with E-state index in [4.69, 9.17) is 0 Å². The van der Waals surface area contributed by atoms with Crippen molar-refractivity contribution < 1.29 is 5.11 Å². The summed E-state index contributed by atoms with van der Waals surface area (Å²) < 4.78 is 0. The van der Waals surface area contributed by atoms with Crippen molar-refractivity contribution in [3.63, 3.8) is 0 Å². The van der Waals surface area contributed by atoms with Crippen molar-refractivity contribution in [3.05, 3.63) is 0 Å². The van der Waals surface area contributed by atoms with Crippen molar-refractivity contribution in [1.29, 1.82) is 0 Å². The molecule has 5 unspecified atom stereocenters. The van der Waals surface area contributed by atoms with E-state index in [1.165, 1.54) is 38.5 Å². The summed E-state index contributed by atoms with van der Waals surface area (Å²) in [7, 11) is 0. The van der Waals surface area contributed by atoms with Crippen molar-refractivity contribution in [2.45, 2.75) is 84.7 Å². The van der Waals surface area contributed by atoms with Crippen LogP contribution >= 0.6 is 0 Å². The van der Waals surface area contributed by atoms with Gasteiger partial charge in [0.25, 0.3) is 0 Å². The molecule has 2 rings (SSSR count). The molecule has 5 atom stereocenters. The topological polar surface area (TPSA) is 20.2 Å². The van der Waals surface area contributed by atoms with Crippen LogP contribution < -0.4 is 0 Å². The highest BCUT2D eigenvalue weighted by atomic mass is 16.3. The van der Waals surface area contributed by atoms with Gasteiger partial charge in [-0.25, -0.2) is 0 Å². The molecule has 0 saturated heterocycles. The number of rotatable bonds is 2. The maximum absolute atomic E-state index is 11.2. The fourth-order valence-corrected chi connectivity index (χ4v) is 4.49. The van der Waals surface area contributed by atoms with E-state index < -0.39 is 0 Å². The molecule has 0 amide bonds. The van der Waals surface area contributed by atoms with Gasteiger partial charge in [0.15, 0.2) is 0 Å². The highest BCUT2D eigenvalue weighted by Gasteiger charge is 2.41. The lowest BCUT2D eigenvalue weighted by molar-refractivity contribution is -0.0590. The maximum Gasteiger partial charge on any atom is 0.0676 e. The summed E-state index contributed by atoms with van der Waals surface area (Å²) >= 11 is 0. The zero-order valence-corrected chi connectivity index (χ0v) is 13.5. The van der Waals surface area contributed by atoms with Crippen molar-refractivity contribution in [1.82, 2.24) is 0 Å². The molecular formula is C18H34O. The van der Waals surface area contributed by atoms with Crippen LogP contribution in [-0.2, 0) is 0 Å². The van der Waals surface area contributed by atoms with E-state index in [1.54, 1.807) is 0 Å². The second-order valence-corrected chi connectivity index (χ2v) is 8.00. The molecule has 2 saturated carbocycles. The van der Waals surface area contributed by atoms with Crippen molar-refractivity contribution >= 4 is 0 Å². The second-order valence-electron chi connectivity index (χ2n) is 8.00. The Bertz CT molecular complexity index is 285. The van der Waals surface area contributed by atoms with Crippen LogP contribution in [0, 0.1) is 29.6 Å². The molecule has 0 aromatic heterocycles. The predicted octanol–water partition coefficient (Wildman–Crippen LogP) is 5.03. The van der Waals surface area contributed by atoms with Crippen LogP contribution in [0.2, 0.25) is 0 Å². The van der Waals surface area contributed by atoms with Gasteiger partial charge < -0.3 is 5.11 Å². The number of hydrogen-bond donors (Lipinski definition) is 1. The molecule has 1 nitrogen and oxygen atoms in total. The largest absolute Gasteiger partial charge is 0.390 e. The van der Waals surface area contributed by atoms with Gasteiger partial charge in [0.05, 0.1) is 5.60 Å². The first-order valence-corrected chi connectivity index (χ1v) is 8.64. The van der Waals surface area contributed by atoms with Crippen molar-refractivity contribution in [2.75, 3.05) is 0 Å². The van der Waals surface area contributed by atoms with Gasteiger partial charge in [-0.3, -0.25) is 0 Å². The fraction of sp³-hybridized carbons (Fsp3) is 1.00. The summed E-state index contributed by atoms with van der Waals surface area (Å²) in [5.74, 6) is 3.85. The Morgan fingerprint density at radius 3 is 2.32 bits per heavy atom. The van der Waals surface area contributed by atoms with E-state index in [1.807, 2.05) is 0 Å².